The van der Waals surface area contributed by atoms with Crippen molar-refractivity contribution in [3.05, 3.63) is 47.7 Å². The highest BCUT2D eigenvalue weighted by Gasteiger charge is 2.33. The number of carbonyl (C=O) groups excluding carboxylic acids is 1. The summed E-state index contributed by atoms with van der Waals surface area (Å²) in [5.74, 6) is -2.50. The highest BCUT2D eigenvalue weighted by atomic mass is 19.1. The number of hydrogen-bond acceptors (Lipinski definition) is 4. The zero-order chi connectivity index (χ0) is 16.6. The van der Waals surface area contributed by atoms with Gasteiger partial charge >= 0.3 is 0 Å². The molecule has 2 heterocycles. The third-order valence-electron chi connectivity index (χ3n) is 3.52. The smallest absolute Gasteiger partial charge is 0.265 e. The molecule has 0 spiro atoms. The van der Waals surface area contributed by atoms with Crippen molar-refractivity contribution in [2.45, 2.75) is 13.0 Å². The summed E-state index contributed by atoms with van der Waals surface area (Å²) >= 11 is 0. The number of carbonyl (C=O) groups is 1. The average molecular weight is 320 g/mol. The minimum absolute atomic E-state index is 0.191. The van der Waals surface area contributed by atoms with E-state index in [9.17, 15) is 13.6 Å². The van der Waals surface area contributed by atoms with Crippen LogP contribution in [0.5, 0.6) is 11.6 Å². The molecule has 23 heavy (non-hydrogen) atoms. The van der Waals surface area contributed by atoms with Gasteiger partial charge in [-0.3, -0.25) is 9.69 Å². The van der Waals surface area contributed by atoms with Crippen LogP contribution in [-0.2, 0) is 0 Å². The van der Waals surface area contributed by atoms with Crippen LogP contribution in [0.3, 0.4) is 0 Å². The van der Waals surface area contributed by atoms with E-state index in [1.807, 2.05) is 0 Å². The molecule has 0 bridgehead atoms. The lowest BCUT2D eigenvalue weighted by atomic mass is 10.1. The summed E-state index contributed by atoms with van der Waals surface area (Å²) in [7, 11) is 1.19. The molecule has 1 aromatic carbocycles. The normalized spacial score (nSPS) is 16.5. The largest absolute Gasteiger partial charge is 0.493 e. The third kappa shape index (κ3) is 2.58. The van der Waals surface area contributed by atoms with Gasteiger partial charge in [0.1, 0.15) is 23.2 Å². The maximum Gasteiger partial charge on any atom is 0.265 e. The fourth-order valence-corrected chi connectivity index (χ4v) is 2.52. The van der Waals surface area contributed by atoms with Crippen LogP contribution in [0.4, 0.5) is 14.5 Å². The Morgan fingerprint density at radius 2 is 2.09 bits per heavy atom. The van der Waals surface area contributed by atoms with Gasteiger partial charge in [0, 0.05) is 6.20 Å². The molecular weight excluding hydrogens is 306 g/mol. The van der Waals surface area contributed by atoms with Crippen molar-refractivity contribution in [3.63, 3.8) is 0 Å². The SMILES string of the molecule is COc1c(F)ccc(F)c1C(=O)N1C[C@@H](C)Oc2ncccc21. The summed E-state index contributed by atoms with van der Waals surface area (Å²) in [6.07, 6.45) is 1.20. The van der Waals surface area contributed by atoms with Gasteiger partial charge < -0.3 is 9.47 Å². The number of fused-ring (bicyclic) bond motifs is 1. The van der Waals surface area contributed by atoms with Crippen LogP contribution in [0.15, 0.2) is 30.5 Å². The molecule has 1 aliphatic rings. The number of pyridine rings is 1. The van der Waals surface area contributed by atoms with E-state index in [4.69, 9.17) is 9.47 Å². The molecule has 2 aromatic rings. The Kier molecular flexibility index (Phi) is 3.85. The molecule has 7 heteroatoms. The van der Waals surface area contributed by atoms with E-state index in [0.717, 1.165) is 12.1 Å². The number of benzene rings is 1. The number of ether oxygens (including phenoxy) is 2. The monoisotopic (exact) mass is 320 g/mol. The Labute approximate surface area is 131 Å². The summed E-state index contributed by atoms with van der Waals surface area (Å²) < 4.78 is 38.4. The second-order valence-corrected chi connectivity index (χ2v) is 5.11. The predicted octanol–water partition coefficient (Wildman–Crippen LogP) is 2.80. The van der Waals surface area contributed by atoms with Gasteiger partial charge in [-0.15, -0.1) is 0 Å². The number of rotatable bonds is 2. The van der Waals surface area contributed by atoms with E-state index >= 15 is 0 Å². The van der Waals surface area contributed by atoms with Gasteiger partial charge in [0.25, 0.3) is 5.91 Å². The summed E-state index contributed by atoms with van der Waals surface area (Å²) in [5.41, 5.74) is -0.0438. The summed E-state index contributed by atoms with van der Waals surface area (Å²) in [6.45, 7) is 1.95. The van der Waals surface area contributed by atoms with Crippen LogP contribution in [-0.4, -0.2) is 30.6 Å². The third-order valence-corrected chi connectivity index (χ3v) is 3.52. The molecule has 0 aliphatic carbocycles. The molecule has 0 saturated heterocycles. The highest BCUT2D eigenvalue weighted by Crippen LogP contribution is 2.34. The van der Waals surface area contributed by atoms with Gasteiger partial charge in [-0.2, -0.15) is 0 Å². The maximum absolute atomic E-state index is 14.2. The Morgan fingerprint density at radius 3 is 2.83 bits per heavy atom. The minimum atomic E-state index is -0.849. The number of anilines is 1. The van der Waals surface area contributed by atoms with E-state index in [0.29, 0.717) is 5.69 Å². The molecule has 0 saturated carbocycles. The molecule has 120 valence electrons. The molecule has 0 fully saturated rings. The van der Waals surface area contributed by atoms with E-state index in [1.165, 1.54) is 18.2 Å². The fraction of sp³-hybridized carbons (Fsp3) is 0.250. The van der Waals surface area contributed by atoms with Crippen molar-refractivity contribution in [1.82, 2.24) is 4.98 Å². The van der Waals surface area contributed by atoms with Gasteiger partial charge in [-0.05, 0) is 31.2 Å². The second-order valence-electron chi connectivity index (χ2n) is 5.11. The summed E-state index contributed by atoms with van der Waals surface area (Å²) in [6, 6.07) is 5.09. The van der Waals surface area contributed by atoms with Gasteiger partial charge in [0.2, 0.25) is 5.88 Å². The van der Waals surface area contributed by atoms with Crippen LogP contribution in [0.1, 0.15) is 17.3 Å². The van der Waals surface area contributed by atoms with Crippen LogP contribution in [0.2, 0.25) is 0 Å². The number of nitrogens with zero attached hydrogens (tertiary/aromatic N) is 2. The van der Waals surface area contributed by atoms with Crippen molar-refractivity contribution in [2.75, 3.05) is 18.6 Å². The summed E-state index contributed by atoms with van der Waals surface area (Å²) in [5, 5.41) is 0. The first-order valence-electron chi connectivity index (χ1n) is 6.98. The molecule has 0 N–H and O–H groups in total. The topological polar surface area (TPSA) is 51.7 Å². The lowest BCUT2D eigenvalue weighted by Gasteiger charge is -2.32. The van der Waals surface area contributed by atoms with Gasteiger partial charge in [0.05, 0.1) is 13.7 Å². The van der Waals surface area contributed by atoms with Crippen molar-refractivity contribution in [3.8, 4) is 11.6 Å². The number of methoxy groups -OCH3 is 1. The van der Waals surface area contributed by atoms with Crippen molar-refractivity contribution in [2.24, 2.45) is 0 Å². The van der Waals surface area contributed by atoms with E-state index in [-0.39, 0.29) is 18.5 Å². The number of amides is 1. The van der Waals surface area contributed by atoms with Crippen LogP contribution in [0.25, 0.3) is 0 Å². The standard InChI is InChI=1S/C16H14F2N2O3/c1-9-8-20(12-4-3-7-19-15(12)23-9)16(21)13-10(17)5-6-11(18)14(13)22-2/h3-7,9H,8H2,1-2H3/t9-/m1/s1. The first-order valence-corrected chi connectivity index (χ1v) is 6.98. The van der Waals surface area contributed by atoms with Crippen molar-refractivity contribution in [1.29, 1.82) is 0 Å². The summed E-state index contributed by atoms with van der Waals surface area (Å²) in [4.78, 5) is 18.2. The number of halogens is 2. The van der Waals surface area contributed by atoms with Gasteiger partial charge in [0.15, 0.2) is 11.6 Å². The molecule has 0 radical (unpaired) electrons. The molecule has 1 aliphatic heterocycles. The fourth-order valence-electron chi connectivity index (χ4n) is 2.52. The van der Waals surface area contributed by atoms with Crippen LogP contribution >= 0.6 is 0 Å². The quantitative estimate of drug-likeness (QED) is 0.854. The van der Waals surface area contributed by atoms with Crippen LogP contribution < -0.4 is 14.4 Å². The van der Waals surface area contributed by atoms with Gasteiger partial charge in [-0.1, -0.05) is 0 Å². The van der Waals surface area contributed by atoms with Gasteiger partial charge in [-0.25, -0.2) is 13.8 Å². The van der Waals surface area contributed by atoms with Crippen molar-refractivity contribution < 1.29 is 23.0 Å². The Bertz CT molecular complexity index is 767. The predicted molar refractivity (Wildman–Crippen MR) is 78.9 cm³/mol. The zero-order valence-electron chi connectivity index (χ0n) is 12.5. The van der Waals surface area contributed by atoms with E-state index in [2.05, 4.69) is 4.98 Å². The number of hydrogen-bond donors (Lipinski definition) is 0. The number of aromatic nitrogens is 1. The lowest BCUT2D eigenvalue weighted by Crippen LogP contribution is -2.43. The molecular formula is C16H14F2N2O3. The van der Waals surface area contributed by atoms with Crippen LogP contribution in [0, 0.1) is 11.6 Å². The molecule has 1 amide bonds. The molecule has 1 atom stereocenters. The Morgan fingerprint density at radius 1 is 1.35 bits per heavy atom. The molecule has 5 nitrogen and oxygen atoms in total. The minimum Gasteiger partial charge on any atom is -0.493 e. The first kappa shape index (κ1) is 15.2. The zero-order valence-corrected chi connectivity index (χ0v) is 12.5. The van der Waals surface area contributed by atoms with E-state index in [1.54, 1.807) is 19.1 Å². The van der Waals surface area contributed by atoms with E-state index < -0.39 is 28.9 Å². The molecule has 0 unspecified atom stereocenters. The molecule has 1 aromatic heterocycles. The first-order chi connectivity index (χ1) is 11.0. The van der Waals surface area contributed by atoms with Crippen molar-refractivity contribution >= 4 is 11.6 Å². The lowest BCUT2D eigenvalue weighted by molar-refractivity contribution is 0.0950. The highest BCUT2D eigenvalue weighted by molar-refractivity contribution is 6.09. The Balaban J connectivity index is 2.10. The Hall–Kier alpha value is -2.70. The average Bonchev–Trinajstić information content (AvgIpc) is 2.55. The second kappa shape index (κ2) is 5.83. The maximum atomic E-state index is 14.2. The molecule has 3 rings (SSSR count).